The maximum atomic E-state index is 12.0. The van der Waals surface area contributed by atoms with Gasteiger partial charge in [0.15, 0.2) is 0 Å². The monoisotopic (exact) mass is 290 g/mol. The van der Waals surface area contributed by atoms with E-state index in [0.29, 0.717) is 29.9 Å². The highest BCUT2D eigenvalue weighted by Gasteiger charge is 2.14. The van der Waals surface area contributed by atoms with E-state index in [1.54, 1.807) is 24.7 Å². The van der Waals surface area contributed by atoms with Crippen LogP contribution in [0.25, 0.3) is 0 Å². The molecule has 112 valence electrons. The van der Waals surface area contributed by atoms with Crippen LogP contribution in [0.2, 0.25) is 0 Å². The van der Waals surface area contributed by atoms with Gasteiger partial charge in [0.1, 0.15) is 0 Å². The summed E-state index contributed by atoms with van der Waals surface area (Å²) < 4.78 is 3.28. The highest BCUT2D eigenvalue weighted by molar-refractivity contribution is 5.70. The Morgan fingerprint density at radius 2 is 2.10 bits per heavy atom. The average Bonchev–Trinajstić information content (AvgIpc) is 2.80. The Bertz CT molecular complexity index is 730. The van der Waals surface area contributed by atoms with Crippen LogP contribution in [0.4, 0.5) is 0 Å². The molecule has 0 amide bonds. The van der Waals surface area contributed by atoms with E-state index in [9.17, 15) is 9.59 Å². The first kappa shape index (κ1) is 15.0. The van der Waals surface area contributed by atoms with Gasteiger partial charge in [-0.15, -0.1) is 0 Å². The van der Waals surface area contributed by atoms with Crippen LogP contribution < -0.4 is 5.69 Å². The van der Waals surface area contributed by atoms with Crippen LogP contribution in [0.5, 0.6) is 0 Å². The number of nitrogens with zero attached hydrogens (tertiary/aromatic N) is 4. The Hall–Kier alpha value is -2.44. The van der Waals surface area contributed by atoms with Crippen molar-refractivity contribution in [2.45, 2.75) is 33.2 Å². The lowest BCUT2D eigenvalue weighted by Crippen LogP contribution is -2.29. The van der Waals surface area contributed by atoms with Gasteiger partial charge in [-0.25, -0.2) is 4.79 Å². The topological polar surface area (TPSA) is 90.0 Å². The number of carboxylic acids is 1. The average molecular weight is 290 g/mol. The molecule has 2 rings (SSSR count). The first-order valence-corrected chi connectivity index (χ1v) is 6.65. The van der Waals surface area contributed by atoms with Crippen LogP contribution >= 0.6 is 0 Å². The van der Waals surface area contributed by atoms with E-state index in [4.69, 9.17) is 5.11 Å². The summed E-state index contributed by atoms with van der Waals surface area (Å²) in [7, 11) is 1.84. The van der Waals surface area contributed by atoms with Gasteiger partial charge in [-0.3, -0.25) is 14.0 Å². The van der Waals surface area contributed by atoms with Crippen LogP contribution in [0.1, 0.15) is 22.6 Å². The van der Waals surface area contributed by atoms with Gasteiger partial charge in [0.25, 0.3) is 0 Å². The Morgan fingerprint density at radius 3 is 2.67 bits per heavy atom. The molecule has 0 atom stereocenters. The highest BCUT2D eigenvalue weighted by Crippen LogP contribution is 2.11. The molecule has 0 aliphatic carbocycles. The molecule has 2 aromatic heterocycles. The van der Waals surface area contributed by atoms with E-state index in [0.717, 1.165) is 5.69 Å². The molecular formula is C14H18N4O3. The molecule has 21 heavy (non-hydrogen) atoms. The molecule has 0 aliphatic heterocycles. The molecule has 0 unspecified atom stereocenters. The minimum atomic E-state index is -0.931. The van der Waals surface area contributed by atoms with E-state index < -0.39 is 5.97 Å². The summed E-state index contributed by atoms with van der Waals surface area (Å²) in [6.07, 6.45) is 2.21. The predicted molar refractivity (Wildman–Crippen MR) is 76.2 cm³/mol. The van der Waals surface area contributed by atoms with Crippen LogP contribution in [0.15, 0.2) is 17.1 Å². The maximum absolute atomic E-state index is 12.0. The maximum Gasteiger partial charge on any atom is 0.347 e. The Balaban J connectivity index is 2.32. The molecular weight excluding hydrogens is 272 g/mol. The number of carboxylic acid groups (broad SMARTS) is 1. The first-order chi connectivity index (χ1) is 9.90. The van der Waals surface area contributed by atoms with Crippen molar-refractivity contribution >= 4 is 5.97 Å². The lowest BCUT2D eigenvalue weighted by atomic mass is 10.1. The Labute approximate surface area is 121 Å². The molecule has 0 aromatic carbocycles. The normalized spacial score (nSPS) is 10.8. The van der Waals surface area contributed by atoms with Gasteiger partial charge < -0.3 is 5.11 Å². The SMILES string of the molecule is Cc1nc(=O)n(CCc2ccnn2C)c(C)c1CC(=O)O. The van der Waals surface area contributed by atoms with Gasteiger partial charge in [-0.05, 0) is 19.9 Å². The quantitative estimate of drug-likeness (QED) is 0.864. The van der Waals surface area contributed by atoms with E-state index in [1.807, 2.05) is 13.1 Å². The largest absolute Gasteiger partial charge is 0.481 e. The second-order valence-electron chi connectivity index (χ2n) is 4.96. The molecule has 0 aliphatic rings. The van der Waals surface area contributed by atoms with Gasteiger partial charge in [0.05, 0.1) is 6.42 Å². The number of aromatic nitrogens is 4. The minimum absolute atomic E-state index is 0.128. The minimum Gasteiger partial charge on any atom is -0.481 e. The summed E-state index contributed by atoms with van der Waals surface area (Å²) in [6.45, 7) is 3.87. The summed E-state index contributed by atoms with van der Waals surface area (Å²) in [6, 6.07) is 1.89. The number of hydrogen-bond donors (Lipinski definition) is 1. The molecule has 0 saturated carbocycles. The second kappa shape index (κ2) is 5.90. The third-order valence-corrected chi connectivity index (χ3v) is 3.61. The zero-order chi connectivity index (χ0) is 15.6. The van der Waals surface area contributed by atoms with Crippen molar-refractivity contribution in [1.82, 2.24) is 19.3 Å². The highest BCUT2D eigenvalue weighted by atomic mass is 16.4. The van der Waals surface area contributed by atoms with Crippen molar-refractivity contribution in [3.05, 3.63) is 45.4 Å². The van der Waals surface area contributed by atoms with Crippen LogP contribution in [0, 0.1) is 13.8 Å². The lowest BCUT2D eigenvalue weighted by Gasteiger charge is -2.14. The zero-order valence-corrected chi connectivity index (χ0v) is 12.3. The molecule has 0 saturated heterocycles. The molecule has 2 heterocycles. The number of hydrogen-bond acceptors (Lipinski definition) is 4. The molecule has 7 nitrogen and oxygen atoms in total. The van der Waals surface area contributed by atoms with Crippen molar-refractivity contribution in [2.75, 3.05) is 0 Å². The molecule has 0 fully saturated rings. The van der Waals surface area contributed by atoms with Gasteiger partial charge in [-0.2, -0.15) is 10.1 Å². The van der Waals surface area contributed by atoms with E-state index >= 15 is 0 Å². The third-order valence-electron chi connectivity index (χ3n) is 3.61. The van der Waals surface area contributed by atoms with Crippen molar-refractivity contribution in [2.24, 2.45) is 7.05 Å². The summed E-state index contributed by atoms with van der Waals surface area (Å²) in [5.41, 5.74) is 2.41. The Kier molecular flexibility index (Phi) is 4.21. The summed E-state index contributed by atoms with van der Waals surface area (Å²) in [4.78, 5) is 26.9. The van der Waals surface area contributed by atoms with Gasteiger partial charge >= 0.3 is 11.7 Å². The summed E-state index contributed by atoms with van der Waals surface area (Å²) >= 11 is 0. The molecule has 2 aromatic rings. The van der Waals surface area contributed by atoms with Crippen molar-refractivity contribution in [3.8, 4) is 0 Å². The standard InChI is InChI=1S/C14H18N4O3/c1-9-12(8-13(19)20)10(2)18(14(21)16-9)7-5-11-4-6-15-17(11)3/h4,6H,5,7-8H2,1-3H3,(H,19,20). The zero-order valence-electron chi connectivity index (χ0n) is 12.3. The van der Waals surface area contributed by atoms with Crippen molar-refractivity contribution in [3.63, 3.8) is 0 Å². The molecule has 0 bridgehead atoms. The molecule has 0 radical (unpaired) electrons. The smallest absolute Gasteiger partial charge is 0.347 e. The fourth-order valence-electron chi connectivity index (χ4n) is 2.38. The van der Waals surface area contributed by atoms with Crippen LogP contribution in [-0.2, 0) is 31.2 Å². The van der Waals surface area contributed by atoms with E-state index in [-0.39, 0.29) is 12.1 Å². The van der Waals surface area contributed by atoms with Gasteiger partial charge in [0, 0.05) is 48.9 Å². The van der Waals surface area contributed by atoms with Gasteiger partial charge in [0.2, 0.25) is 0 Å². The lowest BCUT2D eigenvalue weighted by molar-refractivity contribution is -0.136. The fourth-order valence-corrected chi connectivity index (χ4v) is 2.38. The van der Waals surface area contributed by atoms with Gasteiger partial charge in [-0.1, -0.05) is 0 Å². The van der Waals surface area contributed by atoms with Crippen molar-refractivity contribution in [1.29, 1.82) is 0 Å². The van der Waals surface area contributed by atoms with Crippen molar-refractivity contribution < 1.29 is 9.90 Å². The Morgan fingerprint density at radius 1 is 1.38 bits per heavy atom. The van der Waals surface area contributed by atoms with E-state index in [2.05, 4.69) is 10.1 Å². The van der Waals surface area contributed by atoms with Crippen LogP contribution in [-0.4, -0.2) is 30.4 Å². The molecule has 7 heteroatoms. The molecule has 0 spiro atoms. The summed E-state index contributed by atoms with van der Waals surface area (Å²) in [5, 5.41) is 13.0. The number of aliphatic carboxylic acids is 1. The first-order valence-electron chi connectivity index (χ1n) is 6.65. The molecule has 1 N–H and O–H groups in total. The number of carbonyl (C=O) groups is 1. The fraction of sp³-hybridized carbons (Fsp3) is 0.429. The second-order valence-corrected chi connectivity index (χ2v) is 4.96. The van der Waals surface area contributed by atoms with Crippen LogP contribution in [0.3, 0.4) is 0 Å². The predicted octanol–water partition coefficient (Wildman–Crippen LogP) is 0.463. The summed E-state index contributed by atoms with van der Waals surface area (Å²) in [5.74, 6) is -0.931. The van der Waals surface area contributed by atoms with E-state index in [1.165, 1.54) is 4.57 Å². The third kappa shape index (κ3) is 3.18. The number of aryl methyl sites for hydroxylation is 3. The number of rotatable bonds is 5.